The molecule has 1 saturated heterocycles. The Labute approximate surface area is 181 Å². The van der Waals surface area contributed by atoms with Gasteiger partial charge in [-0.25, -0.2) is 0 Å². The minimum atomic E-state index is 0. The fraction of sp³-hybridized carbons (Fsp3) is 0.900. The van der Waals surface area contributed by atoms with Gasteiger partial charge in [0.15, 0.2) is 5.96 Å². The molecule has 156 valence electrons. The molecule has 27 heavy (non-hydrogen) atoms. The van der Waals surface area contributed by atoms with Crippen LogP contribution in [0.15, 0.2) is 4.99 Å². The highest BCUT2D eigenvalue weighted by atomic mass is 127. The standard InChI is InChI=1S/C20H37N5O.HI/c1-15(2)25(18-8-9-18)13-11-22-20(21-3)23-17-10-12-24(14-17)19(26)16-6-4-5-7-16;/h15-18H,4-14H2,1-3H3,(H2,21,22,23);1H. The number of hydrogen-bond donors (Lipinski definition) is 2. The van der Waals surface area contributed by atoms with Crippen molar-refractivity contribution in [1.82, 2.24) is 20.4 Å². The smallest absolute Gasteiger partial charge is 0.225 e. The van der Waals surface area contributed by atoms with Gasteiger partial charge >= 0.3 is 0 Å². The normalized spacial score (nSPS) is 23.8. The molecule has 1 amide bonds. The first-order valence-corrected chi connectivity index (χ1v) is 10.6. The average molecular weight is 491 g/mol. The van der Waals surface area contributed by atoms with Crippen LogP contribution in [0.5, 0.6) is 0 Å². The number of nitrogens with zero attached hydrogens (tertiary/aromatic N) is 3. The van der Waals surface area contributed by atoms with Crippen LogP contribution in [0.3, 0.4) is 0 Å². The predicted octanol–water partition coefficient (Wildman–Crippen LogP) is 2.43. The summed E-state index contributed by atoms with van der Waals surface area (Å²) in [5, 5.41) is 6.97. The lowest BCUT2D eigenvalue weighted by Gasteiger charge is -2.27. The molecule has 0 radical (unpaired) electrons. The van der Waals surface area contributed by atoms with Crippen LogP contribution in [-0.4, -0.2) is 73.0 Å². The lowest BCUT2D eigenvalue weighted by Crippen LogP contribution is -2.48. The third-order valence-electron chi connectivity index (χ3n) is 6.11. The van der Waals surface area contributed by atoms with E-state index in [-0.39, 0.29) is 29.9 Å². The summed E-state index contributed by atoms with van der Waals surface area (Å²) in [6, 6.07) is 1.71. The molecule has 1 atom stereocenters. The van der Waals surface area contributed by atoms with Crippen molar-refractivity contribution in [3.05, 3.63) is 0 Å². The third-order valence-corrected chi connectivity index (χ3v) is 6.11. The Morgan fingerprint density at radius 1 is 1.19 bits per heavy atom. The number of carbonyl (C=O) groups excluding carboxylic acids is 1. The highest BCUT2D eigenvalue weighted by Crippen LogP contribution is 2.28. The molecule has 2 saturated carbocycles. The Morgan fingerprint density at radius 3 is 2.48 bits per heavy atom. The largest absolute Gasteiger partial charge is 0.355 e. The molecule has 2 N–H and O–H groups in total. The van der Waals surface area contributed by atoms with Crippen molar-refractivity contribution in [3.8, 4) is 0 Å². The number of halogens is 1. The van der Waals surface area contributed by atoms with E-state index in [4.69, 9.17) is 0 Å². The monoisotopic (exact) mass is 491 g/mol. The first kappa shape index (κ1) is 22.7. The molecule has 0 bridgehead atoms. The van der Waals surface area contributed by atoms with Crippen LogP contribution in [0.1, 0.15) is 58.8 Å². The van der Waals surface area contributed by atoms with E-state index in [9.17, 15) is 4.79 Å². The van der Waals surface area contributed by atoms with Crippen molar-refractivity contribution in [1.29, 1.82) is 0 Å². The molecular weight excluding hydrogens is 453 g/mol. The summed E-state index contributed by atoms with van der Waals surface area (Å²) in [6.45, 7) is 8.22. The molecule has 1 aliphatic heterocycles. The van der Waals surface area contributed by atoms with Gasteiger partial charge in [-0.3, -0.25) is 14.7 Å². The Kier molecular flexibility index (Phi) is 9.11. The van der Waals surface area contributed by atoms with E-state index in [1.54, 1.807) is 0 Å². The quantitative estimate of drug-likeness (QED) is 0.327. The molecule has 0 aromatic heterocycles. The van der Waals surface area contributed by atoms with Gasteiger partial charge in [0.25, 0.3) is 0 Å². The summed E-state index contributed by atoms with van der Waals surface area (Å²) in [7, 11) is 1.83. The molecule has 3 aliphatic rings. The lowest BCUT2D eigenvalue weighted by atomic mass is 10.1. The summed E-state index contributed by atoms with van der Waals surface area (Å²) in [5.41, 5.74) is 0. The van der Waals surface area contributed by atoms with Gasteiger partial charge < -0.3 is 15.5 Å². The average Bonchev–Trinajstić information content (AvgIpc) is 3.12. The summed E-state index contributed by atoms with van der Waals surface area (Å²) in [5.74, 6) is 1.53. The highest BCUT2D eigenvalue weighted by Gasteiger charge is 2.33. The van der Waals surface area contributed by atoms with Crippen molar-refractivity contribution < 1.29 is 4.79 Å². The fourth-order valence-electron chi connectivity index (χ4n) is 4.47. The Balaban J connectivity index is 0.00000261. The van der Waals surface area contributed by atoms with Gasteiger partial charge in [-0.05, 0) is 46.0 Å². The van der Waals surface area contributed by atoms with Crippen molar-refractivity contribution >= 4 is 35.8 Å². The highest BCUT2D eigenvalue weighted by molar-refractivity contribution is 14.0. The van der Waals surface area contributed by atoms with Crippen LogP contribution in [0.4, 0.5) is 0 Å². The molecular formula is C20H38IN5O. The summed E-state index contributed by atoms with van der Waals surface area (Å²) < 4.78 is 0. The van der Waals surface area contributed by atoms with E-state index in [1.165, 1.54) is 25.7 Å². The topological polar surface area (TPSA) is 60.0 Å². The van der Waals surface area contributed by atoms with Crippen molar-refractivity contribution in [2.24, 2.45) is 10.9 Å². The number of hydrogen-bond acceptors (Lipinski definition) is 3. The van der Waals surface area contributed by atoms with Crippen LogP contribution in [-0.2, 0) is 4.79 Å². The van der Waals surface area contributed by atoms with Crippen molar-refractivity contribution in [2.75, 3.05) is 33.2 Å². The van der Waals surface area contributed by atoms with Crippen LogP contribution in [0.2, 0.25) is 0 Å². The number of likely N-dealkylation sites (tertiary alicyclic amines) is 1. The Bertz CT molecular complexity index is 501. The summed E-state index contributed by atoms with van der Waals surface area (Å²) in [6.07, 6.45) is 8.32. The Morgan fingerprint density at radius 2 is 1.89 bits per heavy atom. The molecule has 1 heterocycles. The molecule has 3 rings (SSSR count). The number of guanidine groups is 1. The number of rotatable bonds is 7. The summed E-state index contributed by atoms with van der Waals surface area (Å²) >= 11 is 0. The van der Waals surface area contributed by atoms with Gasteiger partial charge in [0.2, 0.25) is 5.91 Å². The second-order valence-electron chi connectivity index (χ2n) is 8.46. The summed E-state index contributed by atoms with van der Waals surface area (Å²) in [4.78, 5) is 21.6. The zero-order valence-electron chi connectivity index (χ0n) is 17.2. The minimum Gasteiger partial charge on any atom is -0.355 e. The number of amides is 1. The van der Waals surface area contributed by atoms with E-state index in [1.807, 2.05) is 7.05 Å². The number of nitrogens with one attached hydrogen (secondary N) is 2. The molecule has 3 fully saturated rings. The van der Waals surface area contributed by atoms with Crippen LogP contribution in [0, 0.1) is 5.92 Å². The van der Waals surface area contributed by atoms with Gasteiger partial charge in [0, 0.05) is 57.3 Å². The van der Waals surface area contributed by atoms with Crippen LogP contribution < -0.4 is 10.6 Å². The van der Waals surface area contributed by atoms with Gasteiger partial charge in [0.1, 0.15) is 0 Å². The van der Waals surface area contributed by atoms with E-state index < -0.39 is 0 Å². The second-order valence-corrected chi connectivity index (χ2v) is 8.46. The maximum Gasteiger partial charge on any atom is 0.225 e. The SMILES string of the molecule is CN=C(NCCN(C(C)C)C1CC1)NC1CCN(C(=O)C2CCCC2)C1.I. The van der Waals surface area contributed by atoms with Crippen molar-refractivity contribution in [3.63, 3.8) is 0 Å². The van der Waals surface area contributed by atoms with E-state index >= 15 is 0 Å². The number of aliphatic imine (C=N–C) groups is 1. The first-order chi connectivity index (χ1) is 12.6. The van der Waals surface area contributed by atoms with Gasteiger partial charge in [-0.2, -0.15) is 0 Å². The van der Waals surface area contributed by atoms with Gasteiger partial charge in [0.05, 0.1) is 0 Å². The molecule has 0 spiro atoms. The number of carbonyl (C=O) groups is 1. The maximum atomic E-state index is 12.6. The maximum absolute atomic E-state index is 12.6. The minimum absolute atomic E-state index is 0. The molecule has 1 unspecified atom stereocenters. The zero-order valence-corrected chi connectivity index (χ0v) is 19.6. The molecule has 7 heteroatoms. The van der Waals surface area contributed by atoms with Crippen LogP contribution >= 0.6 is 24.0 Å². The van der Waals surface area contributed by atoms with E-state index in [2.05, 4.69) is 39.3 Å². The lowest BCUT2D eigenvalue weighted by molar-refractivity contribution is -0.134. The first-order valence-electron chi connectivity index (χ1n) is 10.6. The molecule has 0 aromatic rings. The molecule has 6 nitrogen and oxygen atoms in total. The van der Waals surface area contributed by atoms with Gasteiger partial charge in [-0.15, -0.1) is 24.0 Å². The third kappa shape index (κ3) is 6.48. The molecule has 2 aliphatic carbocycles. The fourth-order valence-corrected chi connectivity index (χ4v) is 4.47. The predicted molar refractivity (Wildman–Crippen MR) is 122 cm³/mol. The van der Waals surface area contributed by atoms with Gasteiger partial charge in [-0.1, -0.05) is 12.8 Å². The second kappa shape index (κ2) is 10.8. The van der Waals surface area contributed by atoms with Crippen molar-refractivity contribution in [2.45, 2.75) is 76.9 Å². The Hall–Kier alpha value is -0.570. The molecule has 0 aromatic carbocycles. The van der Waals surface area contributed by atoms with Crippen LogP contribution in [0.25, 0.3) is 0 Å². The van der Waals surface area contributed by atoms with E-state index in [0.29, 0.717) is 18.0 Å². The zero-order chi connectivity index (χ0) is 18.5. The van der Waals surface area contributed by atoms with E-state index in [0.717, 1.165) is 57.4 Å².